The van der Waals surface area contributed by atoms with Gasteiger partial charge in [0.1, 0.15) is 12.2 Å². The van der Waals surface area contributed by atoms with Crippen molar-refractivity contribution >= 4 is 40.7 Å². The van der Waals surface area contributed by atoms with Crippen LogP contribution >= 0.6 is 11.6 Å². The molecule has 25 heavy (non-hydrogen) atoms. The Labute approximate surface area is 148 Å². The van der Waals surface area contributed by atoms with Crippen LogP contribution < -0.4 is 10.6 Å². The van der Waals surface area contributed by atoms with Crippen LogP contribution in [0.4, 0.5) is 23.1 Å². The standard InChI is InChI=1S/C15H16ClN5O4/c1-2-3-11(14(22)23)19-13-12(21(24)25)8-17-15(20-13)18-10-6-4-9(16)5-7-10/h4-8,11H,2-3H2,1H3,(H,22,23)(H2,17,18,19,20). The summed E-state index contributed by atoms with van der Waals surface area (Å²) in [5.74, 6) is -1.17. The molecule has 1 heterocycles. The van der Waals surface area contributed by atoms with Crippen LogP contribution in [0.5, 0.6) is 0 Å². The van der Waals surface area contributed by atoms with Gasteiger partial charge in [0, 0.05) is 10.7 Å². The smallest absolute Gasteiger partial charge is 0.329 e. The quantitative estimate of drug-likeness (QED) is 0.479. The van der Waals surface area contributed by atoms with Crippen molar-refractivity contribution < 1.29 is 14.8 Å². The summed E-state index contributed by atoms with van der Waals surface area (Å²) in [6, 6.07) is 5.73. The van der Waals surface area contributed by atoms with Gasteiger partial charge in [-0.1, -0.05) is 24.9 Å². The molecule has 0 aliphatic carbocycles. The van der Waals surface area contributed by atoms with Gasteiger partial charge < -0.3 is 15.7 Å². The van der Waals surface area contributed by atoms with Crippen molar-refractivity contribution in [3.8, 4) is 0 Å². The molecule has 0 fully saturated rings. The van der Waals surface area contributed by atoms with E-state index in [0.29, 0.717) is 23.6 Å². The third kappa shape index (κ3) is 5.01. The van der Waals surface area contributed by atoms with Crippen LogP contribution in [-0.2, 0) is 4.79 Å². The van der Waals surface area contributed by atoms with Crippen molar-refractivity contribution in [2.45, 2.75) is 25.8 Å². The topological polar surface area (TPSA) is 130 Å². The largest absolute Gasteiger partial charge is 0.480 e. The summed E-state index contributed by atoms with van der Waals surface area (Å²) < 4.78 is 0. The molecule has 1 aromatic carbocycles. The molecule has 132 valence electrons. The fraction of sp³-hybridized carbons (Fsp3) is 0.267. The van der Waals surface area contributed by atoms with Gasteiger partial charge in [0.2, 0.25) is 11.8 Å². The first-order valence-electron chi connectivity index (χ1n) is 7.44. The average Bonchev–Trinajstić information content (AvgIpc) is 2.56. The first-order chi connectivity index (χ1) is 11.9. The van der Waals surface area contributed by atoms with Crippen LogP contribution in [0.15, 0.2) is 30.5 Å². The highest BCUT2D eigenvalue weighted by molar-refractivity contribution is 6.30. The molecule has 2 rings (SSSR count). The van der Waals surface area contributed by atoms with Gasteiger partial charge in [-0.05, 0) is 30.7 Å². The molecule has 9 nitrogen and oxygen atoms in total. The van der Waals surface area contributed by atoms with E-state index in [2.05, 4.69) is 20.6 Å². The Morgan fingerprint density at radius 2 is 2.08 bits per heavy atom. The Bertz CT molecular complexity index is 769. The molecule has 0 spiro atoms. The molecule has 0 aliphatic heterocycles. The van der Waals surface area contributed by atoms with E-state index in [1.807, 2.05) is 6.92 Å². The minimum absolute atomic E-state index is 0.0936. The number of rotatable bonds is 8. The van der Waals surface area contributed by atoms with Gasteiger partial charge in [-0.3, -0.25) is 10.1 Å². The maximum absolute atomic E-state index is 11.3. The normalized spacial score (nSPS) is 11.6. The van der Waals surface area contributed by atoms with E-state index in [9.17, 15) is 20.0 Å². The van der Waals surface area contributed by atoms with Crippen LogP contribution in [0.25, 0.3) is 0 Å². The second kappa shape index (κ2) is 8.25. The maximum atomic E-state index is 11.3. The monoisotopic (exact) mass is 365 g/mol. The summed E-state index contributed by atoms with van der Waals surface area (Å²) in [6.45, 7) is 1.82. The maximum Gasteiger partial charge on any atom is 0.329 e. The number of aliphatic carboxylic acids is 1. The number of halogens is 1. The molecule has 1 aromatic heterocycles. The van der Waals surface area contributed by atoms with E-state index >= 15 is 0 Å². The number of nitro groups is 1. The lowest BCUT2D eigenvalue weighted by molar-refractivity contribution is -0.384. The first-order valence-corrected chi connectivity index (χ1v) is 7.82. The second-order valence-electron chi connectivity index (χ2n) is 5.14. The number of aromatic nitrogens is 2. The lowest BCUT2D eigenvalue weighted by atomic mass is 10.1. The lowest BCUT2D eigenvalue weighted by Crippen LogP contribution is -2.29. The third-order valence-electron chi connectivity index (χ3n) is 3.25. The zero-order chi connectivity index (χ0) is 18.4. The highest BCUT2D eigenvalue weighted by Gasteiger charge is 2.23. The molecule has 2 aromatic rings. The van der Waals surface area contributed by atoms with Gasteiger partial charge in [-0.25, -0.2) is 9.78 Å². The number of nitrogens with zero attached hydrogens (tertiary/aromatic N) is 3. The zero-order valence-electron chi connectivity index (χ0n) is 13.3. The average molecular weight is 366 g/mol. The van der Waals surface area contributed by atoms with Gasteiger partial charge in [0.15, 0.2) is 0 Å². The fourth-order valence-electron chi connectivity index (χ4n) is 2.05. The number of carboxylic acid groups (broad SMARTS) is 1. The lowest BCUT2D eigenvalue weighted by Gasteiger charge is -2.14. The summed E-state index contributed by atoms with van der Waals surface area (Å²) in [5, 5.41) is 26.4. The van der Waals surface area contributed by atoms with Crippen molar-refractivity contribution in [2.75, 3.05) is 10.6 Å². The number of benzene rings is 1. The zero-order valence-corrected chi connectivity index (χ0v) is 14.0. The van der Waals surface area contributed by atoms with Crippen LogP contribution in [0, 0.1) is 10.1 Å². The van der Waals surface area contributed by atoms with Crippen LogP contribution in [0.1, 0.15) is 19.8 Å². The minimum atomic E-state index is -1.11. The Balaban J connectivity index is 2.30. The predicted molar refractivity (Wildman–Crippen MR) is 93.4 cm³/mol. The molecule has 0 radical (unpaired) electrons. The van der Waals surface area contributed by atoms with Crippen molar-refractivity contribution in [3.05, 3.63) is 45.6 Å². The van der Waals surface area contributed by atoms with Crippen LogP contribution in [0.2, 0.25) is 5.02 Å². The number of anilines is 3. The van der Waals surface area contributed by atoms with Crippen molar-refractivity contribution in [1.82, 2.24) is 9.97 Å². The van der Waals surface area contributed by atoms with Crippen LogP contribution in [0.3, 0.4) is 0 Å². The number of carbonyl (C=O) groups is 1. The number of carboxylic acids is 1. The summed E-state index contributed by atoms with van der Waals surface area (Å²) in [5.41, 5.74) is 0.233. The van der Waals surface area contributed by atoms with Gasteiger partial charge in [0.25, 0.3) is 0 Å². The minimum Gasteiger partial charge on any atom is -0.480 e. The SMILES string of the molecule is CCCC(Nc1nc(Nc2ccc(Cl)cc2)ncc1[N+](=O)[O-])C(=O)O. The van der Waals surface area contributed by atoms with Gasteiger partial charge in [-0.2, -0.15) is 4.98 Å². The van der Waals surface area contributed by atoms with E-state index in [4.69, 9.17) is 11.6 Å². The Morgan fingerprint density at radius 1 is 1.40 bits per heavy atom. The molecular weight excluding hydrogens is 350 g/mol. The molecule has 3 N–H and O–H groups in total. The molecule has 0 saturated heterocycles. The van der Waals surface area contributed by atoms with E-state index in [1.165, 1.54) is 0 Å². The Hall–Kier alpha value is -2.94. The van der Waals surface area contributed by atoms with E-state index in [-0.39, 0.29) is 11.8 Å². The van der Waals surface area contributed by atoms with E-state index in [0.717, 1.165) is 6.20 Å². The van der Waals surface area contributed by atoms with Crippen molar-refractivity contribution in [1.29, 1.82) is 0 Å². The van der Waals surface area contributed by atoms with Gasteiger partial charge >= 0.3 is 11.7 Å². The van der Waals surface area contributed by atoms with Gasteiger partial charge in [-0.15, -0.1) is 0 Å². The number of hydrogen-bond acceptors (Lipinski definition) is 7. The third-order valence-corrected chi connectivity index (χ3v) is 3.50. The first kappa shape index (κ1) is 18.4. The molecule has 0 amide bonds. The molecular formula is C15H16ClN5O4. The molecule has 10 heteroatoms. The van der Waals surface area contributed by atoms with E-state index < -0.39 is 22.6 Å². The van der Waals surface area contributed by atoms with Crippen molar-refractivity contribution in [3.63, 3.8) is 0 Å². The van der Waals surface area contributed by atoms with Crippen LogP contribution in [-0.4, -0.2) is 32.0 Å². The number of hydrogen-bond donors (Lipinski definition) is 3. The Morgan fingerprint density at radius 3 is 2.64 bits per heavy atom. The molecule has 0 aliphatic rings. The summed E-state index contributed by atoms with van der Waals surface area (Å²) in [6.07, 6.45) is 1.92. The summed E-state index contributed by atoms with van der Waals surface area (Å²) >= 11 is 5.81. The highest BCUT2D eigenvalue weighted by Crippen LogP contribution is 2.25. The van der Waals surface area contributed by atoms with E-state index in [1.54, 1.807) is 24.3 Å². The van der Waals surface area contributed by atoms with Crippen molar-refractivity contribution in [2.24, 2.45) is 0 Å². The highest BCUT2D eigenvalue weighted by atomic mass is 35.5. The Kier molecular flexibility index (Phi) is 6.07. The molecule has 1 unspecified atom stereocenters. The number of nitrogens with one attached hydrogen (secondary N) is 2. The second-order valence-corrected chi connectivity index (χ2v) is 5.58. The molecule has 0 bridgehead atoms. The van der Waals surface area contributed by atoms with Gasteiger partial charge in [0.05, 0.1) is 4.92 Å². The predicted octanol–water partition coefficient (Wildman–Crippen LogP) is 3.45. The molecule has 0 saturated carbocycles. The summed E-state index contributed by atoms with van der Waals surface area (Å²) in [4.78, 5) is 29.7. The summed E-state index contributed by atoms with van der Waals surface area (Å²) in [7, 11) is 0. The fourth-order valence-corrected chi connectivity index (χ4v) is 2.17. The molecule has 1 atom stereocenters.